The summed E-state index contributed by atoms with van der Waals surface area (Å²) in [7, 11) is 1.57. The Labute approximate surface area is 99.3 Å². The molecule has 6 nitrogen and oxygen atoms in total. The number of ether oxygens (including phenoxy) is 1. The molecule has 1 heterocycles. The molecule has 1 unspecified atom stereocenters. The van der Waals surface area contributed by atoms with Crippen LogP contribution < -0.4 is 5.32 Å². The largest absolute Gasteiger partial charge is 0.477 e. The Kier molecular flexibility index (Phi) is 5.38. The van der Waals surface area contributed by atoms with Gasteiger partial charge < -0.3 is 20.3 Å². The normalized spacial score (nSPS) is 12.1. The van der Waals surface area contributed by atoms with Gasteiger partial charge in [-0.2, -0.15) is 0 Å². The lowest BCUT2D eigenvalue weighted by Crippen LogP contribution is -2.26. The van der Waals surface area contributed by atoms with Crippen molar-refractivity contribution in [1.29, 1.82) is 0 Å². The number of pyridine rings is 1. The number of anilines is 1. The molecule has 0 aromatic carbocycles. The Bertz CT molecular complexity index is 364. The molecule has 0 aliphatic carbocycles. The topological polar surface area (TPSA) is 91.7 Å². The minimum absolute atomic E-state index is 0.0184. The molecule has 0 saturated heterocycles. The number of rotatable bonds is 7. The predicted octanol–water partition coefficient (Wildman–Crippen LogP) is 0.589. The number of carboxylic acid groups (broad SMARTS) is 1. The van der Waals surface area contributed by atoms with E-state index >= 15 is 0 Å². The molecule has 1 aromatic heterocycles. The Morgan fingerprint density at radius 2 is 2.41 bits per heavy atom. The van der Waals surface area contributed by atoms with Crippen molar-refractivity contribution in [2.75, 3.05) is 25.6 Å². The smallest absolute Gasteiger partial charge is 0.354 e. The highest BCUT2D eigenvalue weighted by molar-refractivity contribution is 5.86. The lowest BCUT2D eigenvalue weighted by molar-refractivity contribution is 0.0690. The molecule has 0 fully saturated rings. The number of nitrogens with one attached hydrogen (secondary N) is 1. The fourth-order valence-corrected chi connectivity index (χ4v) is 1.43. The zero-order valence-corrected chi connectivity index (χ0v) is 9.59. The molecule has 1 rings (SSSR count). The summed E-state index contributed by atoms with van der Waals surface area (Å²) in [5.74, 6) is -1.07. The van der Waals surface area contributed by atoms with E-state index < -0.39 is 5.97 Å². The maximum atomic E-state index is 10.7. The first kappa shape index (κ1) is 13.4. The average Bonchev–Trinajstić information content (AvgIpc) is 2.30. The zero-order chi connectivity index (χ0) is 12.7. The lowest BCUT2D eigenvalue weighted by atomic mass is 10.2. The van der Waals surface area contributed by atoms with Crippen LogP contribution in [-0.2, 0) is 4.74 Å². The predicted molar refractivity (Wildman–Crippen MR) is 62.2 cm³/mol. The minimum Gasteiger partial charge on any atom is -0.477 e. The summed E-state index contributed by atoms with van der Waals surface area (Å²) in [6.45, 7) is 0.475. The highest BCUT2D eigenvalue weighted by Crippen LogP contribution is 2.11. The standard InChI is InChI=1S/C11H16N2O4/c1-17-7-9(3-5-14)13-8-2-4-12-10(6-8)11(15)16/h2,4,6,9,14H,3,5,7H2,1H3,(H,12,13)(H,15,16). The molecule has 0 aliphatic rings. The molecule has 0 bridgehead atoms. The van der Waals surface area contributed by atoms with Crippen molar-refractivity contribution in [2.24, 2.45) is 0 Å². The third-order valence-corrected chi connectivity index (χ3v) is 2.20. The Hall–Kier alpha value is -1.66. The molecular weight excluding hydrogens is 224 g/mol. The number of aliphatic hydroxyl groups is 1. The van der Waals surface area contributed by atoms with Crippen LogP contribution in [-0.4, -0.2) is 47.5 Å². The van der Waals surface area contributed by atoms with Gasteiger partial charge in [-0.15, -0.1) is 0 Å². The average molecular weight is 240 g/mol. The number of hydrogen-bond acceptors (Lipinski definition) is 5. The van der Waals surface area contributed by atoms with Crippen molar-refractivity contribution >= 4 is 11.7 Å². The number of aromatic nitrogens is 1. The Morgan fingerprint density at radius 3 is 3.00 bits per heavy atom. The van der Waals surface area contributed by atoms with E-state index in [1.54, 1.807) is 13.2 Å². The fourth-order valence-electron chi connectivity index (χ4n) is 1.43. The summed E-state index contributed by atoms with van der Waals surface area (Å²) in [5, 5.41) is 20.8. The minimum atomic E-state index is -1.07. The SMILES string of the molecule is COCC(CCO)Nc1ccnc(C(=O)O)c1. The van der Waals surface area contributed by atoms with Crippen LogP contribution in [0.25, 0.3) is 0 Å². The molecule has 94 valence electrons. The van der Waals surface area contributed by atoms with Crippen molar-refractivity contribution in [2.45, 2.75) is 12.5 Å². The summed E-state index contributed by atoms with van der Waals surface area (Å²) in [6, 6.07) is 3.06. The lowest BCUT2D eigenvalue weighted by Gasteiger charge is -2.18. The van der Waals surface area contributed by atoms with E-state index in [2.05, 4.69) is 10.3 Å². The van der Waals surface area contributed by atoms with E-state index in [1.807, 2.05) is 0 Å². The van der Waals surface area contributed by atoms with E-state index in [9.17, 15) is 4.79 Å². The van der Waals surface area contributed by atoms with Gasteiger partial charge in [0.15, 0.2) is 0 Å². The molecular formula is C11H16N2O4. The van der Waals surface area contributed by atoms with E-state index in [0.717, 1.165) is 0 Å². The second-order valence-corrected chi connectivity index (χ2v) is 3.54. The van der Waals surface area contributed by atoms with Gasteiger partial charge in [0, 0.05) is 25.6 Å². The van der Waals surface area contributed by atoms with Crippen LogP contribution in [0.5, 0.6) is 0 Å². The van der Waals surface area contributed by atoms with Crippen molar-refractivity contribution in [1.82, 2.24) is 4.98 Å². The zero-order valence-electron chi connectivity index (χ0n) is 9.59. The third kappa shape index (κ3) is 4.38. The van der Waals surface area contributed by atoms with Crippen LogP contribution in [0.4, 0.5) is 5.69 Å². The first-order valence-electron chi connectivity index (χ1n) is 5.23. The number of aromatic carboxylic acids is 1. The molecule has 1 aromatic rings. The number of methoxy groups -OCH3 is 1. The van der Waals surface area contributed by atoms with Gasteiger partial charge in [-0.25, -0.2) is 9.78 Å². The molecule has 6 heteroatoms. The van der Waals surface area contributed by atoms with Crippen molar-refractivity contribution in [3.05, 3.63) is 24.0 Å². The second kappa shape index (κ2) is 6.82. The number of aliphatic hydroxyl groups excluding tert-OH is 1. The first-order valence-corrected chi connectivity index (χ1v) is 5.23. The van der Waals surface area contributed by atoms with Crippen LogP contribution >= 0.6 is 0 Å². The summed E-state index contributed by atoms with van der Waals surface area (Å²) in [5.41, 5.74) is 0.628. The van der Waals surface area contributed by atoms with Gasteiger partial charge in [-0.1, -0.05) is 0 Å². The van der Waals surface area contributed by atoms with Crippen LogP contribution in [0, 0.1) is 0 Å². The van der Waals surface area contributed by atoms with Gasteiger partial charge in [-0.3, -0.25) is 0 Å². The molecule has 0 saturated carbocycles. The molecule has 0 amide bonds. The maximum Gasteiger partial charge on any atom is 0.354 e. The van der Waals surface area contributed by atoms with E-state index in [4.69, 9.17) is 14.9 Å². The number of nitrogens with zero attached hydrogens (tertiary/aromatic N) is 1. The Morgan fingerprint density at radius 1 is 1.65 bits per heavy atom. The van der Waals surface area contributed by atoms with Crippen molar-refractivity contribution < 1.29 is 19.7 Å². The third-order valence-electron chi connectivity index (χ3n) is 2.20. The molecule has 17 heavy (non-hydrogen) atoms. The first-order chi connectivity index (χ1) is 8.17. The summed E-state index contributed by atoms with van der Waals surface area (Å²) >= 11 is 0. The van der Waals surface area contributed by atoms with E-state index in [1.165, 1.54) is 12.3 Å². The van der Waals surface area contributed by atoms with E-state index in [-0.39, 0.29) is 18.3 Å². The van der Waals surface area contributed by atoms with Gasteiger partial charge in [0.25, 0.3) is 0 Å². The van der Waals surface area contributed by atoms with Crippen LogP contribution in [0.3, 0.4) is 0 Å². The Balaban J connectivity index is 2.71. The fraction of sp³-hybridized carbons (Fsp3) is 0.455. The maximum absolute atomic E-state index is 10.7. The number of hydrogen-bond donors (Lipinski definition) is 3. The molecule has 0 spiro atoms. The summed E-state index contributed by atoms with van der Waals surface area (Å²) < 4.78 is 5.00. The number of carboxylic acids is 1. The van der Waals surface area contributed by atoms with Gasteiger partial charge in [0.1, 0.15) is 5.69 Å². The molecule has 0 aliphatic heterocycles. The quantitative estimate of drug-likeness (QED) is 0.646. The van der Waals surface area contributed by atoms with Crippen molar-refractivity contribution in [3.8, 4) is 0 Å². The van der Waals surface area contributed by atoms with Gasteiger partial charge in [0.2, 0.25) is 0 Å². The van der Waals surface area contributed by atoms with E-state index in [0.29, 0.717) is 18.7 Å². The van der Waals surface area contributed by atoms with Gasteiger partial charge in [-0.05, 0) is 18.6 Å². The van der Waals surface area contributed by atoms with Crippen LogP contribution in [0.1, 0.15) is 16.9 Å². The molecule has 3 N–H and O–H groups in total. The monoisotopic (exact) mass is 240 g/mol. The highest BCUT2D eigenvalue weighted by Gasteiger charge is 2.10. The second-order valence-electron chi connectivity index (χ2n) is 3.54. The molecule has 1 atom stereocenters. The highest BCUT2D eigenvalue weighted by atomic mass is 16.5. The molecule has 0 radical (unpaired) electrons. The van der Waals surface area contributed by atoms with Crippen molar-refractivity contribution in [3.63, 3.8) is 0 Å². The van der Waals surface area contributed by atoms with Gasteiger partial charge >= 0.3 is 5.97 Å². The summed E-state index contributed by atoms with van der Waals surface area (Å²) in [4.78, 5) is 14.5. The number of carbonyl (C=O) groups is 1. The van der Waals surface area contributed by atoms with Crippen LogP contribution in [0.15, 0.2) is 18.3 Å². The van der Waals surface area contributed by atoms with Gasteiger partial charge in [0.05, 0.1) is 12.6 Å². The van der Waals surface area contributed by atoms with Crippen LogP contribution in [0.2, 0.25) is 0 Å². The summed E-state index contributed by atoms with van der Waals surface area (Å²) in [6.07, 6.45) is 1.95.